The number of aliphatic hydroxyl groups is 1. The summed E-state index contributed by atoms with van der Waals surface area (Å²) < 4.78 is 0. The van der Waals surface area contributed by atoms with Gasteiger partial charge in [0.1, 0.15) is 0 Å². The molecule has 0 spiro atoms. The summed E-state index contributed by atoms with van der Waals surface area (Å²) in [5, 5.41) is 14.1. The molecule has 0 bridgehead atoms. The molecule has 0 aromatic heterocycles. The number of aryl methyl sites for hydroxylation is 1. The van der Waals surface area contributed by atoms with Crippen molar-refractivity contribution < 1.29 is 5.11 Å². The Morgan fingerprint density at radius 1 is 1.16 bits per heavy atom. The van der Waals surface area contributed by atoms with E-state index < -0.39 is 5.60 Å². The average Bonchev–Trinajstić information content (AvgIpc) is 2.42. The van der Waals surface area contributed by atoms with Gasteiger partial charge in [0.25, 0.3) is 0 Å². The predicted molar refractivity (Wildman–Crippen MR) is 80.2 cm³/mol. The van der Waals surface area contributed by atoms with Gasteiger partial charge in [0.05, 0.1) is 5.60 Å². The van der Waals surface area contributed by atoms with E-state index in [0.717, 1.165) is 25.8 Å². The van der Waals surface area contributed by atoms with E-state index in [1.165, 1.54) is 30.4 Å². The number of benzene rings is 1. The largest absolute Gasteiger partial charge is 0.389 e. The van der Waals surface area contributed by atoms with Crippen molar-refractivity contribution in [3.05, 3.63) is 35.4 Å². The Bertz CT molecular complexity index is 379. The zero-order chi connectivity index (χ0) is 13.7. The summed E-state index contributed by atoms with van der Waals surface area (Å²) in [5.74, 6) is 0. The van der Waals surface area contributed by atoms with Crippen LogP contribution in [0.1, 0.15) is 62.6 Å². The third-order valence-electron chi connectivity index (χ3n) is 4.35. The van der Waals surface area contributed by atoms with Crippen LogP contribution in [0.15, 0.2) is 24.3 Å². The van der Waals surface area contributed by atoms with Crippen molar-refractivity contribution in [2.24, 2.45) is 0 Å². The number of hydrogen-bond donors (Lipinski definition) is 2. The van der Waals surface area contributed by atoms with Crippen molar-refractivity contribution in [2.75, 3.05) is 6.54 Å². The summed E-state index contributed by atoms with van der Waals surface area (Å²) in [6, 6.07) is 9.07. The van der Waals surface area contributed by atoms with Crippen molar-refractivity contribution in [1.82, 2.24) is 5.32 Å². The summed E-state index contributed by atoms with van der Waals surface area (Å²) in [5.41, 5.74) is 2.15. The zero-order valence-corrected chi connectivity index (χ0v) is 12.3. The molecule has 1 aromatic carbocycles. The minimum Gasteiger partial charge on any atom is -0.389 e. The van der Waals surface area contributed by atoms with E-state index in [0.29, 0.717) is 6.04 Å². The number of rotatable bonds is 5. The van der Waals surface area contributed by atoms with Crippen LogP contribution in [-0.2, 0) is 0 Å². The first-order chi connectivity index (χ1) is 9.13. The molecule has 1 aliphatic rings. The molecule has 2 heteroatoms. The van der Waals surface area contributed by atoms with E-state index in [4.69, 9.17) is 0 Å². The molecule has 1 fully saturated rings. The van der Waals surface area contributed by atoms with Gasteiger partial charge >= 0.3 is 0 Å². The summed E-state index contributed by atoms with van der Waals surface area (Å²) in [7, 11) is 0. The van der Waals surface area contributed by atoms with Crippen molar-refractivity contribution >= 4 is 0 Å². The molecule has 19 heavy (non-hydrogen) atoms. The molecule has 1 aromatic rings. The van der Waals surface area contributed by atoms with Crippen LogP contribution in [0.2, 0.25) is 0 Å². The summed E-state index contributed by atoms with van der Waals surface area (Å²) in [4.78, 5) is 0. The summed E-state index contributed by atoms with van der Waals surface area (Å²) >= 11 is 0. The molecule has 106 valence electrons. The highest BCUT2D eigenvalue weighted by atomic mass is 16.3. The van der Waals surface area contributed by atoms with Crippen molar-refractivity contribution in [1.29, 1.82) is 0 Å². The van der Waals surface area contributed by atoms with E-state index in [1.807, 2.05) is 0 Å². The molecule has 1 aliphatic carbocycles. The van der Waals surface area contributed by atoms with Crippen LogP contribution in [-0.4, -0.2) is 17.3 Å². The Morgan fingerprint density at radius 2 is 1.79 bits per heavy atom. The van der Waals surface area contributed by atoms with Crippen LogP contribution in [0, 0.1) is 6.92 Å². The van der Waals surface area contributed by atoms with Gasteiger partial charge in [0, 0.05) is 12.6 Å². The minimum atomic E-state index is -0.476. The lowest BCUT2D eigenvalue weighted by atomic mass is 9.84. The van der Waals surface area contributed by atoms with Gasteiger partial charge < -0.3 is 10.4 Å². The average molecular weight is 261 g/mol. The highest BCUT2D eigenvalue weighted by Gasteiger charge is 2.29. The van der Waals surface area contributed by atoms with E-state index in [2.05, 4.69) is 43.4 Å². The molecule has 0 heterocycles. The SMILES string of the molecule is CCC(NCC1(O)CCCCC1)c1ccc(C)cc1. The Labute approximate surface area is 117 Å². The first kappa shape index (κ1) is 14.5. The maximum Gasteiger partial charge on any atom is 0.0771 e. The molecular formula is C17H27NO. The fourth-order valence-electron chi connectivity index (χ4n) is 3.00. The van der Waals surface area contributed by atoms with Crippen LogP contribution in [0.3, 0.4) is 0 Å². The van der Waals surface area contributed by atoms with Crippen molar-refractivity contribution in [2.45, 2.75) is 64.0 Å². The molecule has 0 radical (unpaired) electrons. The smallest absolute Gasteiger partial charge is 0.0771 e. The van der Waals surface area contributed by atoms with Crippen LogP contribution in [0.4, 0.5) is 0 Å². The quantitative estimate of drug-likeness (QED) is 0.846. The first-order valence-corrected chi connectivity index (χ1v) is 7.65. The molecule has 0 saturated heterocycles. The van der Waals surface area contributed by atoms with Crippen LogP contribution in [0.25, 0.3) is 0 Å². The highest BCUT2D eigenvalue weighted by Crippen LogP contribution is 2.28. The van der Waals surface area contributed by atoms with Gasteiger partial charge in [-0.05, 0) is 31.7 Å². The number of hydrogen-bond acceptors (Lipinski definition) is 2. The van der Waals surface area contributed by atoms with E-state index in [-0.39, 0.29) is 0 Å². The summed E-state index contributed by atoms with van der Waals surface area (Å²) in [6.45, 7) is 5.03. The van der Waals surface area contributed by atoms with Crippen LogP contribution < -0.4 is 5.32 Å². The molecule has 1 saturated carbocycles. The zero-order valence-electron chi connectivity index (χ0n) is 12.3. The van der Waals surface area contributed by atoms with Gasteiger partial charge in [-0.25, -0.2) is 0 Å². The Balaban J connectivity index is 1.93. The van der Waals surface area contributed by atoms with E-state index in [9.17, 15) is 5.11 Å². The van der Waals surface area contributed by atoms with Gasteiger partial charge in [-0.3, -0.25) is 0 Å². The predicted octanol–water partition coefficient (Wildman–Crippen LogP) is 3.73. The van der Waals surface area contributed by atoms with Crippen LogP contribution in [0.5, 0.6) is 0 Å². The molecule has 2 nitrogen and oxygen atoms in total. The maximum absolute atomic E-state index is 10.5. The van der Waals surface area contributed by atoms with Crippen molar-refractivity contribution in [3.8, 4) is 0 Å². The molecule has 0 amide bonds. The molecule has 0 aliphatic heterocycles. The number of nitrogens with one attached hydrogen (secondary N) is 1. The molecule has 1 atom stereocenters. The Hall–Kier alpha value is -0.860. The third kappa shape index (κ3) is 4.05. The third-order valence-corrected chi connectivity index (χ3v) is 4.35. The van der Waals surface area contributed by atoms with Gasteiger partial charge in [-0.1, -0.05) is 56.0 Å². The van der Waals surface area contributed by atoms with Crippen LogP contribution >= 0.6 is 0 Å². The topological polar surface area (TPSA) is 32.3 Å². The first-order valence-electron chi connectivity index (χ1n) is 7.65. The lowest BCUT2D eigenvalue weighted by molar-refractivity contribution is 0.00248. The molecule has 2 N–H and O–H groups in total. The standard InChI is InChI=1S/C17H27NO/c1-3-16(15-9-7-14(2)8-10-15)18-13-17(19)11-5-4-6-12-17/h7-10,16,18-19H,3-6,11-13H2,1-2H3. The second-order valence-electron chi connectivity index (χ2n) is 6.04. The molecule has 2 rings (SSSR count). The fraction of sp³-hybridized carbons (Fsp3) is 0.647. The van der Waals surface area contributed by atoms with E-state index >= 15 is 0 Å². The second-order valence-corrected chi connectivity index (χ2v) is 6.04. The van der Waals surface area contributed by atoms with Gasteiger partial charge in [0.15, 0.2) is 0 Å². The monoisotopic (exact) mass is 261 g/mol. The van der Waals surface area contributed by atoms with Gasteiger partial charge in [0.2, 0.25) is 0 Å². The fourth-order valence-corrected chi connectivity index (χ4v) is 3.00. The minimum absolute atomic E-state index is 0.353. The van der Waals surface area contributed by atoms with Gasteiger partial charge in [-0.2, -0.15) is 0 Å². The second kappa shape index (κ2) is 6.53. The van der Waals surface area contributed by atoms with Gasteiger partial charge in [-0.15, -0.1) is 0 Å². The Kier molecular flexibility index (Phi) is 5.00. The van der Waals surface area contributed by atoms with E-state index in [1.54, 1.807) is 0 Å². The summed E-state index contributed by atoms with van der Waals surface area (Å²) in [6.07, 6.45) is 6.56. The lowest BCUT2D eigenvalue weighted by Gasteiger charge is -2.34. The molecule has 1 unspecified atom stereocenters. The molecular weight excluding hydrogens is 234 g/mol. The van der Waals surface area contributed by atoms with Crippen molar-refractivity contribution in [3.63, 3.8) is 0 Å². The normalized spacial score (nSPS) is 20.2. The maximum atomic E-state index is 10.5. The highest BCUT2D eigenvalue weighted by molar-refractivity contribution is 5.24. The Morgan fingerprint density at radius 3 is 2.37 bits per heavy atom. The lowest BCUT2D eigenvalue weighted by Crippen LogP contribution is -2.43.